The number of carbonyl (C=O) groups is 2. The molecule has 0 saturated carbocycles. The highest BCUT2D eigenvalue weighted by Crippen LogP contribution is 2.29. The SMILES string of the molecule is O=C(c1ccc(=O)[nH]c1)N1CCN(C(=O)c2cccc(C(F)(F)F)c2)CC1. The number of benzene rings is 1. The van der Waals surface area contributed by atoms with Crippen LogP contribution in [0.4, 0.5) is 13.2 Å². The van der Waals surface area contributed by atoms with Crippen LogP contribution in [0.2, 0.25) is 0 Å². The third-order valence-electron chi connectivity index (χ3n) is 4.32. The van der Waals surface area contributed by atoms with Crippen LogP contribution < -0.4 is 5.56 Å². The second-order valence-corrected chi connectivity index (χ2v) is 6.10. The van der Waals surface area contributed by atoms with Crippen molar-refractivity contribution in [2.24, 2.45) is 0 Å². The van der Waals surface area contributed by atoms with Gasteiger partial charge in [-0.25, -0.2) is 0 Å². The highest BCUT2D eigenvalue weighted by atomic mass is 19.4. The number of rotatable bonds is 2. The molecule has 27 heavy (non-hydrogen) atoms. The van der Waals surface area contributed by atoms with Crippen molar-refractivity contribution < 1.29 is 22.8 Å². The number of aromatic nitrogens is 1. The second kappa shape index (κ2) is 7.26. The Bertz CT molecular complexity index is 895. The molecule has 2 aromatic rings. The van der Waals surface area contributed by atoms with Crippen molar-refractivity contribution in [2.75, 3.05) is 26.2 Å². The van der Waals surface area contributed by atoms with Crippen LogP contribution in [0.5, 0.6) is 0 Å². The fourth-order valence-corrected chi connectivity index (χ4v) is 2.85. The Labute approximate surface area is 152 Å². The standard InChI is InChI=1S/C18H16F3N3O3/c19-18(20,21)14-3-1-2-12(10-14)16(26)23-6-8-24(9-7-23)17(27)13-4-5-15(25)22-11-13/h1-5,10-11H,6-9H2,(H,22,25). The van der Waals surface area contributed by atoms with Crippen molar-refractivity contribution in [3.8, 4) is 0 Å². The number of aromatic amines is 1. The maximum Gasteiger partial charge on any atom is 0.416 e. The van der Waals surface area contributed by atoms with Crippen molar-refractivity contribution in [3.05, 3.63) is 69.6 Å². The Balaban J connectivity index is 1.65. The molecule has 0 spiro atoms. The van der Waals surface area contributed by atoms with Gasteiger partial charge in [-0.2, -0.15) is 13.2 Å². The zero-order chi connectivity index (χ0) is 19.6. The van der Waals surface area contributed by atoms with Gasteiger partial charge in [0.15, 0.2) is 0 Å². The van der Waals surface area contributed by atoms with Gasteiger partial charge in [-0.1, -0.05) is 6.07 Å². The molecule has 1 N–H and O–H groups in total. The molecule has 9 heteroatoms. The van der Waals surface area contributed by atoms with Gasteiger partial charge in [0.1, 0.15) is 0 Å². The Morgan fingerprint density at radius 1 is 0.889 bits per heavy atom. The van der Waals surface area contributed by atoms with E-state index in [1.807, 2.05) is 0 Å². The Morgan fingerprint density at radius 2 is 1.48 bits per heavy atom. The molecule has 1 aliphatic heterocycles. The van der Waals surface area contributed by atoms with E-state index < -0.39 is 17.6 Å². The third-order valence-corrected chi connectivity index (χ3v) is 4.32. The topological polar surface area (TPSA) is 73.5 Å². The van der Waals surface area contributed by atoms with Gasteiger partial charge < -0.3 is 14.8 Å². The van der Waals surface area contributed by atoms with E-state index in [4.69, 9.17) is 0 Å². The number of carbonyl (C=O) groups excluding carboxylic acids is 2. The maximum absolute atomic E-state index is 12.8. The normalized spacial score (nSPS) is 14.9. The monoisotopic (exact) mass is 379 g/mol. The van der Waals surface area contributed by atoms with Crippen molar-refractivity contribution in [1.82, 2.24) is 14.8 Å². The number of hydrogen-bond acceptors (Lipinski definition) is 3. The van der Waals surface area contributed by atoms with E-state index in [-0.39, 0.29) is 43.2 Å². The number of piperazine rings is 1. The number of alkyl halides is 3. The van der Waals surface area contributed by atoms with Crippen LogP contribution in [0.1, 0.15) is 26.3 Å². The predicted octanol–water partition coefficient (Wildman–Crippen LogP) is 1.99. The van der Waals surface area contributed by atoms with Crippen molar-refractivity contribution in [3.63, 3.8) is 0 Å². The maximum atomic E-state index is 12.8. The minimum absolute atomic E-state index is 0.0368. The van der Waals surface area contributed by atoms with E-state index in [9.17, 15) is 27.6 Å². The van der Waals surface area contributed by atoms with Crippen LogP contribution in [0.3, 0.4) is 0 Å². The van der Waals surface area contributed by atoms with Crippen molar-refractivity contribution >= 4 is 11.8 Å². The van der Waals surface area contributed by atoms with Crippen LogP contribution >= 0.6 is 0 Å². The first-order valence-corrected chi connectivity index (χ1v) is 8.20. The average Bonchev–Trinajstić information content (AvgIpc) is 2.67. The lowest BCUT2D eigenvalue weighted by atomic mass is 10.1. The molecule has 0 radical (unpaired) electrons. The van der Waals surface area contributed by atoms with E-state index >= 15 is 0 Å². The minimum Gasteiger partial charge on any atom is -0.335 e. The van der Waals surface area contributed by atoms with E-state index in [2.05, 4.69) is 4.98 Å². The average molecular weight is 379 g/mol. The number of amides is 2. The molecule has 2 amide bonds. The van der Waals surface area contributed by atoms with Crippen LogP contribution in [-0.2, 0) is 6.18 Å². The summed E-state index contributed by atoms with van der Waals surface area (Å²) in [6.45, 7) is 0.930. The summed E-state index contributed by atoms with van der Waals surface area (Å²) in [5.74, 6) is -0.783. The van der Waals surface area contributed by atoms with Gasteiger partial charge in [0.05, 0.1) is 11.1 Å². The van der Waals surface area contributed by atoms with E-state index in [0.717, 1.165) is 12.1 Å². The molecule has 0 bridgehead atoms. The summed E-state index contributed by atoms with van der Waals surface area (Å²) in [7, 11) is 0. The van der Waals surface area contributed by atoms with Gasteiger partial charge in [-0.05, 0) is 24.3 Å². The number of nitrogens with one attached hydrogen (secondary N) is 1. The zero-order valence-corrected chi connectivity index (χ0v) is 14.1. The van der Waals surface area contributed by atoms with Gasteiger partial charge in [0, 0.05) is 44.0 Å². The first-order chi connectivity index (χ1) is 12.8. The summed E-state index contributed by atoms with van der Waals surface area (Å²) in [4.78, 5) is 41.3. The number of H-pyrrole nitrogens is 1. The fourth-order valence-electron chi connectivity index (χ4n) is 2.85. The zero-order valence-electron chi connectivity index (χ0n) is 14.1. The quantitative estimate of drug-likeness (QED) is 0.867. The summed E-state index contributed by atoms with van der Waals surface area (Å²) in [5.41, 5.74) is -0.902. The molecule has 0 aliphatic carbocycles. The number of hydrogen-bond donors (Lipinski definition) is 1. The van der Waals surface area contributed by atoms with Crippen LogP contribution in [-0.4, -0.2) is 52.8 Å². The molecule has 0 atom stereocenters. The smallest absolute Gasteiger partial charge is 0.335 e. The highest BCUT2D eigenvalue weighted by Gasteiger charge is 2.32. The molecule has 6 nitrogen and oxygen atoms in total. The minimum atomic E-state index is -4.52. The van der Waals surface area contributed by atoms with Gasteiger partial charge >= 0.3 is 6.18 Å². The second-order valence-electron chi connectivity index (χ2n) is 6.10. The summed E-state index contributed by atoms with van der Waals surface area (Å²) in [6.07, 6.45) is -3.19. The number of halogens is 3. The van der Waals surface area contributed by atoms with Gasteiger partial charge in [0.25, 0.3) is 11.8 Å². The molecule has 1 aliphatic rings. The van der Waals surface area contributed by atoms with Crippen molar-refractivity contribution in [1.29, 1.82) is 0 Å². The molecular weight excluding hydrogens is 363 g/mol. The Kier molecular flexibility index (Phi) is 5.02. The molecule has 1 fully saturated rings. The van der Waals surface area contributed by atoms with Gasteiger partial charge in [0.2, 0.25) is 5.56 Å². The number of pyridine rings is 1. The van der Waals surface area contributed by atoms with E-state index in [1.165, 1.54) is 40.3 Å². The summed E-state index contributed by atoms with van der Waals surface area (Å²) < 4.78 is 38.4. The molecule has 1 aromatic carbocycles. The molecule has 1 aromatic heterocycles. The summed E-state index contributed by atoms with van der Waals surface area (Å²) >= 11 is 0. The Hall–Kier alpha value is -3.10. The largest absolute Gasteiger partial charge is 0.416 e. The summed E-state index contributed by atoms with van der Waals surface area (Å²) in [5, 5.41) is 0. The lowest BCUT2D eigenvalue weighted by Gasteiger charge is -2.34. The lowest BCUT2D eigenvalue weighted by Crippen LogP contribution is -2.50. The third kappa shape index (κ3) is 4.18. The van der Waals surface area contributed by atoms with Crippen LogP contribution in [0.25, 0.3) is 0 Å². The molecule has 2 heterocycles. The predicted molar refractivity (Wildman–Crippen MR) is 90.3 cm³/mol. The Morgan fingerprint density at radius 3 is 2.00 bits per heavy atom. The molecule has 0 unspecified atom stereocenters. The van der Waals surface area contributed by atoms with Crippen molar-refractivity contribution in [2.45, 2.75) is 6.18 Å². The lowest BCUT2D eigenvalue weighted by molar-refractivity contribution is -0.137. The fraction of sp³-hybridized carbons (Fsp3) is 0.278. The molecular formula is C18H16F3N3O3. The molecule has 3 rings (SSSR count). The van der Waals surface area contributed by atoms with E-state index in [1.54, 1.807) is 0 Å². The van der Waals surface area contributed by atoms with Crippen LogP contribution in [0.15, 0.2) is 47.4 Å². The first kappa shape index (κ1) is 18.7. The molecule has 142 valence electrons. The highest BCUT2D eigenvalue weighted by molar-refractivity contribution is 5.96. The first-order valence-electron chi connectivity index (χ1n) is 8.20. The van der Waals surface area contributed by atoms with Gasteiger partial charge in [-0.3, -0.25) is 14.4 Å². The molecule has 1 saturated heterocycles. The summed E-state index contributed by atoms with van der Waals surface area (Å²) in [6, 6.07) is 6.96. The number of nitrogens with zero attached hydrogens (tertiary/aromatic N) is 2. The van der Waals surface area contributed by atoms with Gasteiger partial charge in [-0.15, -0.1) is 0 Å². The van der Waals surface area contributed by atoms with Crippen LogP contribution in [0, 0.1) is 0 Å². The van der Waals surface area contributed by atoms with E-state index in [0.29, 0.717) is 5.56 Å².